The third-order valence-electron chi connectivity index (χ3n) is 3.62. The highest BCUT2D eigenvalue weighted by atomic mass is 16.4. The number of likely N-dealkylation sites (tertiary alicyclic amines) is 1. The van der Waals surface area contributed by atoms with E-state index in [9.17, 15) is 14.7 Å². The molecule has 0 aromatic rings. The molecule has 17 heavy (non-hydrogen) atoms. The topological polar surface area (TPSA) is 57.6 Å². The van der Waals surface area contributed by atoms with Crippen molar-refractivity contribution in [1.29, 1.82) is 0 Å². The van der Waals surface area contributed by atoms with Crippen LogP contribution < -0.4 is 0 Å². The average molecular weight is 239 g/mol. The van der Waals surface area contributed by atoms with Crippen LogP contribution in [0.25, 0.3) is 0 Å². The zero-order chi connectivity index (χ0) is 13.1. The average Bonchev–Trinajstić information content (AvgIpc) is 2.74. The lowest BCUT2D eigenvalue weighted by Gasteiger charge is -2.23. The van der Waals surface area contributed by atoms with Gasteiger partial charge in [0, 0.05) is 18.7 Å². The van der Waals surface area contributed by atoms with Crippen molar-refractivity contribution in [3.8, 4) is 0 Å². The smallest absolute Gasteiger partial charge is 0.311 e. The van der Waals surface area contributed by atoms with Gasteiger partial charge in [0.05, 0.1) is 5.41 Å². The van der Waals surface area contributed by atoms with E-state index >= 15 is 0 Å². The van der Waals surface area contributed by atoms with Crippen LogP contribution in [0.4, 0.5) is 0 Å². The Balaban J connectivity index is 2.77. The molecule has 4 heteroatoms. The lowest BCUT2D eigenvalue weighted by molar-refractivity contribution is -0.148. The molecule has 1 rings (SSSR count). The van der Waals surface area contributed by atoms with Crippen molar-refractivity contribution in [3.63, 3.8) is 0 Å². The Morgan fingerprint density at radius 1 is 1.41 bits per heavy atom. The third kappa shape index (κ3) is 2.68. The van der Waals surface area contributed by atoms with Crippen molar-refractivity contribution in [2.24, 2.45) is 5.41 Å². The second-order valence-corrected chi connectivity index (χ2v) is 4.71. The van der Waals surface area contributed by atoms with Crippen LogP contribution in [-0.4, -0.2) is 35.0 Å². The van der Waals surface area contributed by atoms with Gasteiger partial charge in [0.2, 0.25) is 5.91 Å². The molecule has 0 aromatic heterocycles. The van der Waals surface area contributed by atoms with Gasteiger partial charge in [-0.2, -0.15) is 0 Å². The molecule has 1 unspecified atom stereocenters. The van der Waals surface area contributed by atoms with Crippen molar-refractivity contribution in [2.45, 2.75) is 40.0 Å². The standard InChI is InChI=1S/C13H21NO3/c1-4-6-10(3)11(15)14-8-7-13(5-2,9-14)12(16)17/h6H,4-5,7-9H2,1-3H3,(H,16,17). The minimum atomic E-state index is -0.785. The van der Waals surface area contributed by atoms with Crippen molar-refractivity contribution in [1.82, 2.24) is 4.90 Å². The van der Waals surface area contributed by atoms with Gasteiger partial charge in [0.1, 0.15) is 0 Å². The first-order chi connectivity index (χ1) is 7.96. The molecule has 0 bridgehead atoms. The number of hydrogen-bond donors (Lipinski definition) is 1. The van der Waals surface area contributed by atoms with E-state index in [1.165, 1.54) is 0 Å². The predicted molar refractivity (Wildman–Crippen MR) is 65.6 cm³/mol. The van der Waals surface area contributed by atoms with Crippen molar-refractivity contribution in [3.05, 3.63) is 11.6 Å². The fraction of sp³-hybridized carbons (Fsp3) is 0.692. The van der Waals surface area contributed by atoms with E-state index in [2.05, 4.69) is 0 Å². The fourth-order valence-corrected chi connectivity index (χ4v) is 2.30. The van der Waals surface area contributed by atoms with Crippen molar-refractivity contribution >= 4 is 11.9 Å². The minimum Gasteiger partial charge on any atom is -0.481 e. The Bertz CT molecular complexity index is 349. The maximum Gasteiger partial charge on any atom is 0.311 e. The summed E-state index contributed by atoms with van der Waals surface area (Å²) in [5.41, 5.74) is -0.0212. The number of rotatable bonds is 4. The highest BCUT2D eigenvalue weighted by molar-refractivity contribution is 5.93. The first kappa shape index (κ1) is 13.7. The van der Waals surface area contributed by atoms with Crippen LogP contribution >= 0.6 is 0 Å². The van der Waals surface area contributed by atoms with E-state index in [1.54, 1.807) is 11.8 Å². The molecule has 0 aromatic carbocycles. The number of hydrogen-bond acceptors (Lipinski definition) is 2. The van der Waals surface area contributed by atoms with Crippen LogP contribution in [0, 0.1) is 5.41 Å². The van der Waals surface area contributed by atoms with E-state index in [1.807, 2.05) is 19.9 Å². The maximum atomic E-state index is 12.0. The lowest BCUT2D eigenvalue weighted by atomic mass is 9.84. The van der Waals surface area contributed by atoms with Gasteiger partial charge >= 0.3 is 5.97 Å². The van der Waals surface area contributed by atoms with Crippen molar-refractivity contribution in [2.75, 3.05) is 13.1 Å². The summed E-state index contributed by atoms with van der Waals surface area (Å²) < 4.78 is 0. The summed E-state index contributed by atoms with van der Waals surface area (Å²) in [5.74, 6) is -0.809. The number of aliphatic carboxylic acids is 1. The van der Waals surface area contributed by atoms with Crippen LogP contribution in [0.3, 0.4) is 0 Å². The van der Waals surface area contributed by atoms with Gasteiger partial charge < -0.3 is 10.0 Å². The van der Waals surface area contributed by atoms with Gasteiger partial charge in [-0.05, 0) is 26.2 Å². The third-order valence-corrected chi connectivity index (χ3v) is 3.62. The summed E-state index contributed by atoms with van der Waals surface area (Å²) in [6, 6.07) is 0. The zero-order valence-corrected chi connectivity index (χ0v) is 10.8. The first-order valence-electron chi connectivity index (χ1n) is 6.16. The SMILES string of the molecule is CCC=C(C)C(=O)N1CCC(CC)(C(=O)O)C1. The highest BCUT2D eigenvalue weighted by Gasteiger charge is 2.44. The summed E-state index contributed by atoms with van der Waals surface area (Å²) >= 11 is 0. The molecule has 1 heterocycles. The fourth-order valence-electron chi connectivity index (χ4n) is 2.30. The molecule has 96 valence electrons. The van der Waals surface area contributed by atoms with Gasteiger partial charge in [-0.15, -0.1) is 0 Å². The molecular weight excluding hydrogens is 218 g/mol. The quantitative estimate of drug-likeness (QED) is 0.764. The predicted octanol–water partition coefficient (Wildman–Crippen LogP) is 2.06. The summed E-state index contributed by atoms with van der Waals surface area (Å²) in [5, 5.41) is 9.25. The Morgan fingerprint density at radius 2 is 2.06 bits per heavy atom. The molecule has 0 aliphatic carbocycles. The second kappa shape index (κ2) is 5.34. The minimum absolute atomic E-state index is 0.0246. The second-order valence-electron chi connectivity index (χ2n) is 4.71. The van der Waals surface area contributed by atoms with Gasteiger partial charge in [0.25, 0.3) is 0 Å². The number of amides is 1. The van der Waals surface area contributed by atoms with E-state index in [-0.39, 0.29) is 5.91 Å². The molecular formula is C13H21NO3. The van der Waals surface area contributed by atoms with E-state index in [0.717, 1.165) is 6.42 Å². The van der Waals surface area contributed by atoms with Crippen LogP contribution in [0.15, 0.2) is 11.6 Å². The summed E-state index contributed by atoms with van der Waals surface area (Å²) in [4.78, 5) is 25.0. The molecule has 1 N–H and O–H groups in total. The number of carbonyl (C=O) groups excluding carboxylic acids is 1. The summed E-state index contributed by atoms with van der Waals surface area (Å²) in [7, 11) is 0. The van der Waals surface area contributed by atoms with Gasteiger partial charge in [0.15, 0.2) is 0 Å². The van der Waals surface area contributed by atoms with Crippen LogP contribution in [0.2, 0.25) is 0 Å². The molecule has 0 radical (unpaired) electrons. The van der Waals surface area contributed by atoms with Crippen LogP contribution in [-0.2, 0) is 9.59 Å². The highest BCUT2D eigenvalue weighted by Crippen LogP contribution is 2.34. The molecule has 1 amide bonds. The van der Waals surface area contributed by atoms with Gasteiger partial charge in [-0.25, -0.2) is 0 Å². The molecule has 1 fully saturated rings. The van der Waals surface area contributed by atoms with E-state index < -0.39 is 11.4 Å². The first-order valence-corrected chi connectivity index (χ1v) is 6.16. The maximum absolute atomic E-state index is 12.0. The molecule has 4 nitrogen and oxygen atoms in total. The van der Waals surface area contributed by atoms with E-state index in [4.69, 9.17) is 0 Å². The Kier molecular flexibility index (Phi) is 4.32. The molecule has 1 atom stereocenters. The lowest BCUT2D eigenvalue weighted by Crippen LogP contribution is -2.36. The Morgan fingerprint density at radius 3 is 2.47 bits per heavy atom. The number of carboxylic acids is 1. The summed E-state index contributed by atoms with van der Waals surface area (Å²) in [6.07, 6.45) is 3.84. The number of allylic oxidation sites excluding steroid dienone is 1. The monoisotopic (exact) mass is 239 g/mol. The Hall–Kier alpha value is -1.32. The molecule has 1 aliphatic heterocycles. The largest absolute Gasteiger partial charge is 0.481 e. The van der Waals surface area contributed by atoms with Gasteiger partial charge in [-0.3, -0.25) is 9.59 Å². The normalized spacial score (nSPS) is 25.1. The van der Waals surface area contributed by atoms with Crippen LogP contribution in [0.1, 0.15) is 40.0 Å². The molecule has 0 spiro atoms. The van der Waals surface area contributed by atoms with Crippen molar-refractivity contribution < 1.29 is 14.7 Å². The number of carbonyl (C=O) groups is 2. The van der Waals surface area contributed by atoms with E-state index in [0.29, 0.717) is 31.5 Å². The molecule has 0 saturated carbocycles. The zero-order valence-electron chi connectivity index (χ0n) is 10.8. The van der Waals surface area contributed by atoms with Crippen LogP contribution in [0.5, 0.6) is 0 Å². The van der Waals surface area contributed by atoms with Gasteiger partial charge in [-0.1, -0.05) is 19.9 Å². The number of nitrogens with zero attached hydrogens (tertiary/aromatic N) is 1. The summed E-state index contributed by atoms with van der Waals surface area (Å²) in [6.45, 7) is 6.53. The number of carboxylic acid groups (broad SMARTS) is 1. The molecule has 1 saturated heterocycles. The molecule has 1 aliphatic rings. The Labute approximate surface area is 102 Å².